The number of ether oxygens (including phenoxy) is 2. The maximum Gasteiger partial charge on any atom is 0.158 e. The standard InChI is InChI=1S/C26H27FN2O2/c27-23-16-17-28-26(22(23)14-9-19-31-24-15-7-8-18-30-24)29-25(20-10-3-1-4-11-20)21-12-5-2-6-13-21/h1-6,10-13,16-17,24H,7-9,14-15,18-19H2. The molecule has 1 fully saturated rings. The fourth-order valence-electron chi connectivity index (χ4n) is 3.69. The number of benzene rings is 2. The van der Waals surface area contributed by atoms with Gasteiger partial charge in [-0.05, 0) is 38.2 Å². The van der Waals surface area contributed by atoms with Gasteiger partial charge in [0.25, 0.3) is 0 Å². The van der Waals surface area contributed by atoms with Gasteiger partial charge in [-0.2, -0.15) is 0 Å². The van der Waals surface area contributed by atoms with Crippen LogP contribution in [0.3, 0.4) is 0 Å². The minimum atomic E-state index is -0.289. The van der Waals surface area contributed by atoms with Crippen LogP contribution < -0.4 is 0 Å². The van der Waals surface area contributed by atoms with Gasteiger partial charge in [0.15, 0.2) is 12.1 Å². The van der Waals surface area contributed by atoms with Crippen molar-refractivity contribution in [3.63, 3.8) is 0 Å². The quantitative estimate of drug-likeness (QED) is 0.340. The molecule has 0 radical (unpaired) electrons. The number of nitrogens with zero attached hydrogens (tertiary/aromatic N) is 2. The number of pyridine rings is 1. The zero-order chi connectivity index (χ0) is 21.3. The molecule has 1 aromatic heterocycles. The minimum Gasteiger partial charge on any atom is -0.353 e. The van der Waals surface area contributed by atoms with Crippen LogP contribution in [0.4, 0.5) is 10.2 Å². The summed E-state index contributed by atoms with van der Waals surface area (Å²) in [6, 6.07) is 21.2. The van der Waals surface area contributed by atoms with E-state index in [2.05, 4.69) is 4.98 Å². The fraction of sp³-hybridized carbons (Fsp3) is 0.308. The highest BCUT2D eigenvalue weighted by Gasteiger charge is 2.15. The zero-order valence-electron chi connectivity index (χ0n) is 17.5. The normalized spacial score (nSPS) is 16.1. The Morgan fingerprint density at radius 1 is 1.00 bits per heavy atom. The van der Waals surface area contributed by atoms with Gasteiger partial charge < -0.3 is 9.47 Å². The van der Waals surface area contributed by atoms with Crippen LogP contribution in [0.15, 0.2) is 77.9 Å². The number of aliphatic imine (C=N–C) groups is 1. The predicted octanol–water partition coefficient (Wildman–Crippen LogP) is 5.87. The van der Waals surface area contributed by atoms with Crippen molar-refractivity contribution in [2.45, 2.75) is 38.4 Å². The molecule has 4 nitrogen and oxygen atoms in total. The smallest absolute Gasteiger partial charge is 0.158 e. The lowest BCUT2D eigenvalue weighted by atomic mass is 10.0. The monoisotopic (exact) mass is 418 g/mol. The Bertz CT molecular complexity index is 945. The number of aromatic nitrogens is 1. The van der Waals surface area contributed by atoms with Gasteiger partial charge in [0.05, 0.1) is 12.3 Å². The summed E-state index contributed by atoms with van der Waals surface area (Å²) in [5.74, 6) is 0.125. The molecular weight excluding hydrogens is 391 g/mol. The van der Waals surface area contributed by atoms with Crippen LogP contribution in [0, 0.1) is 5.82 Å². The molecule has 2 heterocycles. The average Bonchev–Trinajstić information content (AvgIpc) is 2.83. The molecule has 5 heteroatoms. The van der Waals surface area contributed by atoms with Crippen LogP contribution >= 0.6 is 0 Å². The van der Waals surface area contributed by atoms with Crippen molar-refractivity contribution in [1.29, 1.82) is 0 Å². The average molecular weight is 419 g/mol. The lowest BCUT2D eigenvalue weighted by Gasteiger charge is -2.22. The molecule has 0 spiro atoms. The highest BCUT2D eigenvalue weighted by molar-refractivity contribution is 6.13. The maximum atomic E-state index is 14.7. The van der Waals surface area contributed by atoms with Crippen molar-refractivity contribution in [3.8, 4) is 0 Å². The van der Waals surface area contributed by atoms with Gasteiger partial charge in [-0.15, -0.1) is 0 Å². The Morgan fingerprint density at radius 3 is 2.35 bits per heavy atom. The molecule has 3 aromatic rings. The summed E-state index contributed by atoms with van der Waals surface area (Å²) < 4.78 is 26.1. The minimum absolute atomic E-state index is 0.132. The largest absolute Gasteiger partial charge is 0.353 e. The summed E-state index contributed by atoms with van der Waals surface area (Å²) in [6.45, 7) is 1.27. The first kappa shape index (κ1) is 21.3. The molecule has 1 saturated heterocycles. The Labute approximate surface area is 182 Å². The zero-order valence-corrected chi connectivity index (χ0v) is 17.5. The Kier molecular flexibility index (Phi) is 7.53. The van der Waals surface area contributed by atoms with Gasteiger partial charge in [-0.25, -0.2) is 14.4 Å². The van der Waals surface area contributed by atoms with E-state index in [9.17, 15) is 4.39 Å². The second-order valence-corrected chi connectivity index (χ2v) is 7.56. The van der Waals surface area contributed by atoms with Crippen molar-refractivity contribution in [1.82, 2.24) is 4.98 Å². The van der Waals surface area contributed by atoms with Gasteiger partial charge in [-0.1, -0.05) is 60.7 Å². The summed E-state index contributed by atoms with van der Waals surface area (Å²) in [5, 5.41) is 0. The SMILES string of the molecule is Fc1ccnc(N=C(c2ccccc2)c2ccccc2)c1CCCOC1CCCCO1. The Hall–Kier alpha value is -2.89. The molecule has 4 rings (SSSR count). The van der Waals surface area contributed by atoms with Crippen LogP contribution in [-0.2, 0) is 15.9 Å². The first-order chi connectivity index (χ1) is 15.3. The van der Waals surface area contributed by atoms with E-state index < -0.39 is 0 Å². The van der Waals surface area contributed by atoms with E-state index in [1.807, 2.05) is 60.7 Å². The molecule has 160 valence electrons. The third-order valence-corrected chi connectivity index (χ3v) is 5.30. The molecule has 0 aliphatic carbocycles. The maximum absolute atomic E-state index is 14.7. The lowest BCUT2D eigenvalue weighted by molar-refractivity contribution is -0.162. The molecule has 1 aliphatic heterocycles. The van der Waals surface area contributed by atoms with E-state index in [1.165, 1.54) is 12.3 Å². The van der Waals surface area contributed by atoms with Crippen molar-refractivity contribution in [3.05, 3.63) is 95.4 Å². The number of hydrogen-bond donors (Lipinski definition) is 0. The third kappa shape index (κ3) is 5.84. The highest BCUT2D eigenvalue weighted by atomic mass is 19.1. The highest BCUT2D eigenvalue weighted by Crippen LogP contribution is 2.24. The number of rotatable bonds is 8. The summed E-state index contributed by atoms with van der Waals surface area (Å²) in [6.07, 6.45) is 5.66. The van der Waals surface area contributed by atoms with Crippen molar-refractivity contribution in [2.75, 3.05) is 13.2 Å². The van der Waals surface area contributed by atoms with Crippen LogP contribution in [0.1, 0.15) is 42.4 Å². The van der Waals surface area contributed by atoms with Crippen LogP contribution in [-0.4, -0.2) is 30.2 Å². The first-order valence-corrected chi connectivity index (χ1v) is 10.9. The van der Waals surface area contributed by atoms with Crippen LogP contribution in [0.5, 0.6) is 0 Å². The predicted molar refractivity (Wildman–Crippen MR) is 120 cm³/mol. The molecule has 31 heavy (non-hydrogen) atoms. The van der Waals surface area contributed by atoms with E-state index in [0.29, 0.717) is 30.8 Å². The van der Waals surface area contributed by atoms with E-state index >= 15 is 0 Å². The lowest BCUT2D eigenvalue weighted by Crippen LogP contribution is -2.22. The summed E-state index contributed by atoms with van der Waals surface area (Å²) in [7, 11) is 0. The van der Waals surface area contributed by atoms with Gasteiger partial charge in [0, 0.05) is 29.5 Å². The molecule has 0 N–H and O–H groups in total. The molecule has 1 aliphatic rings. The van der Waals surface area contributed by atoms with Gasteiger partial charge in [0.2, 0.25) is 0 Å². The van der Waals surface area contributed by atoms with E-state index in [1.54, 1.807) is 0 Å². The molecule has 0 bridgehead atoms. The van der Waals surface area contributed by atoms with Crippen molar-refractivity contribution >= 4 is 11.5 Å². The molecule has 1 unspecified atom stereocenters. The van der Waals surface area contributed by atoms with Crippen LogP contribution in [0.2, 0.25) is 0 Å². The van der Waals surface area contributed by atoms with Gasteiger partial charge in [0.1, 0.15) is 5.82 Å². The van der Waals surface area contributed by atoms with Crippen molar-refractivity contribution < 1.29 is 13.9 Å². The molecule has 0 amide bonds. The molecule has 0 saturated carbocycles. The van der Waals surface area contributed by atoms with Crippen LogP contribution in [0.25, 0.3) is 0 Å². The van der Waals surface area contributed by atoms with Gasteiger partial charge in [-0.3, -0.25) is 0 Å². The Balaban J connectivity index is 1.56. The van der Waals surface area contributed by atoms with E-state index in [-0.39, 0.29) is 12.1 Å². The van der Waals surface area contributed by atoms with E-state index in [4.69, 9.17) is 14.5 Å². The number of halogens is 1. The third-order valence-electron chi connectivity index (χ3n) is 5.30. The molecule has 2 aromatic carbocycles. The molecular formula is C26H27FN2O2. The summed E-state index contributed by atoms with van der Waals surface area (Å²) >= 11 is 0. The second-order valence-electron chi connectivity index (χ2n) is 7.56. The van der Waals surface area contributed by atoms with E-state index in [0.717, 1.165) is 42.7 Å². The number of hydrogen-bond acceptors (Lipinski definition) is 4. The Morgan fingerprint density at radius 2 is 1.71 bits per heavy atom. The summed E-state index contributed by atoms with van der Waals surface area (Å²) in [5.41, 5.74) is 3.21. The molecule has 1 atom stereocenters. The first-order valence-electron chi connectivity index (χ1n) is 10.9. The second kappa shape index (κ2) is 10.9. The van der Waals surface area contributed by atoms with Gasteiger partial charge >= 0.3 is 0 Å². The van der Waals surface area contributed by atoms with Crippen molar-refractivity contribution in [2.24, 2.45) is 4.99 Å². The fourth-order valence-corrected chi connectivity index (χ4v) is 3.69. The topological polar surface area (TPSA) is 43.7 Å². The summed E-state index contributed by atoms with van der Waals surface area (Å²) in [4.78, 5) is 9.23.